The first-order chi connectivity index (χ1) is 8.60. The Kier molecular flexibility index (Phi) is 4.75. The molecule has 18 heavy (non-hydrogen) atoms. The smallest absolute Gasteiger partial charge is 0.0949 e. The maximum Gasteiger partial charge on any atom is 0.0949 e. The molecule has 1 N–H and O–H groups in total. The lowest BCUT2D eigenvalue weighted by molar-refractivity contribution is 0.590. The van der Waals surface area contributed by atoms with Crippen LogP contribution in [0.4, 0.5) is 0 Å². The number of rotatable bonds is 4. The number of likely N-dealkylation sites (N-methyl/N-ethyl adjacent to an activating group) is 1. The summed E-state index contributed by atoms with van der Waals surface area (Å²) in [5.74, 6) is 0. The van der Waals surface area contributed by atoms with Gasteiger partial charge in [-0.15, -0.1) is 11.3 Å². The number of aromatic nitrogens is 1. The molecule has 1 atom stereocenters. The zero-order valence-electron chi connectivity index (χ0n) is 10.8. The Hall–Kier alpha value is -0.460. The van der Waals surface area contributed by atoms with Crippen LogP contribution in [0.5, 0.6) is 0 Å². The minimum absolute atomic E-state index is 0.340. The van der Waals surface area contributed by atoms with E-state index in [-0.39, 0.29) is 0 Å². The van der Waals surface area contributed by atoms with Gasteiger partial charge in [0.15, 0.2) is 0 Å². The molecule has 0 aliphatic carbocycles. The number of thiazole rings is 1. The molecule has 0 aliphatic heterocycles. The number of halogens is 1. The third-order valence-electron chi connectivity index (χ3n) is 3.07. The average molecular weight is 372 g/mol. The van der Waals surface area contributed by atoms with Crippen molar-refractivity contribution in [2.45, 2.75) is 26.3 Å². The lowest BCUT2D eigenvalue weighted by Gasteiger charge is -2.15. The third-order valence-corrected chi connectivity index (χ3v) is 4.89. The van der Waals surface area contributed by atoms with Gasteiger partial charge >= 0.3 is 0 Å². The Balaban J connectivity index is 2.16. The molecule has 0 radical (unpaired) electrons. The molecule has 1 heterocycles. The van der Waals surface area contributed by atoms with Gasteiger partial charge < -0.3 is 5.32 Å². The van der Waals surface area contributed by atoms with E-state index in [4.69, 9.17) is 0 Å². The van der Waals surface area contributed by atoms with Crippen LogP contribution in [0.1, 0.15) is 27.2 Å². The van der Waals surface area contributed by atoms with E-state index in [1.165, 1.54) is 19.0 Å². The van der Waals surface area contributed by atoms with Crippen LogP contribution in [-0.2, 0) is 6.42 Å². The Bertz CT molecular complexity index is 500. The molecule has 0 amide bonds. The molecular weight excluding hydrogens is 355 g/mol. The van der Waals surface area contributed by atoms with Crippen molar-refractivity contribution in [1.82, 2.24) is 10.3 Å². The standard InChI is InChI=1S/C14H17IN2S/c1-9-10(2)18-14(17-9)8-13(16-3)11-4-6-12(15)7-5-11/h4-7,13,16H,8H2,1-3H3. The molecule has 2 aromatic rings. The molecule has 0 fully saturated rings. The molecule has 2 nitrogen and oxygen atoms in total. The van der Waals surface area contributed by atoms with Gasteiger partial charge in [-0.05, 0) is 61.2 Å². The monoisotopic (exact) mass is 372 g/mol. The molecule has 4 heteroatoms. The van der Waals surface area contributed by atoms with Gasteiger partial charge in [-0.2, -0.15) is 0 Å². The van der Waals surface area contributed by atoms with Crippen LogP contribution in [-0.4, -0.2) is 12.0 Å². The molecule has 1 unspecified atom stereocenters. The second-order valence-electron chi connectivity index (χ2n) is 4.35. The number of aryl methyl sites for hydroxylation is 2. The van der Waals surface area contributed by atoms with Gasteiger partial charge in [-0.1, -0.05) is 12.1 Å². The number of hydrogen-bond acceptors (Lipinski definition) is 3. The van der Waals surface area contributed by atoms with E-state index < -0.39 is 0 Å². The highest BCUT2D eigenvalue weighted by Crippen LogP contribution is 2.23. The van der Waals surface area contributed by atoms with Gasteiger partial charge in [-0.3, -0.25) is 0 Å². The van der Waals surface area contributed by atoms with Crippen molar-refractivity contribution in [3.8, 4) is 0 Å². The summed E-state index contributed by atoms with van der Waals surface area (Å²) in [5, 5.41) is 4.59. The molecule has 2 rings (SSSR count). The van der Waals surface area contributed by atoms with Crippen LogP contribution >= 0.6 is 33.9 Å². The Morgan fingerprint density at radius 3 is 2.44 bits per heavy atom. The van der Waals surface area contributed by atoms with Crippen LogP contribution in [0.2, 0.25) is 0 Å². The normalized spacial score (nSPS) is 12.7. The van der Waals surface area contributed by atoms with Crippen molar-refractivity contribution >= 4 is 33.9 Å². The topological polar surface area (TPSA) is 24.9 Å². The number of nitrogens with zero attached hydrogens (tertiary/aromatic N) is 1. The largest absolute Gasteiger partial charge is 0.313 e. The fraction of sp³-hybridized carbons (Fsp3) is 0.357. The van der Waals surface area contributed by atoms with E-state index in [1.54, 1.807) is 11.3 Å². The molecule has 0 saturated heterocycles. The van der Waals surface area contributed by atoms with Crippen molar-refractivity contribution < 1.29 is 0 Å². The minimum Gasteiger partial charge on any atom is -0.313 e. The molecule has 1 aromatic carbocycles. The summed E-state index contributed by atoms with van der Waals surface area (Å²) in [6.07, 6.45) is 0.955. The lowest BCUT2D eigenvalue weighted by Crippen LogP contribution is -2.18. The lowest BCUT2D eigenvalue weighted by atomic mass is 10.0. The predicted molar refractivity (Wildman–Crippen MR) is 86.3 cm³/mol. The van der Waals surface area contributed by atoms with E-state index in [0.29, 0.717) is 6.04 Å². The number of benzene rings is 1. The maximum absolute atomic E-state index is 4.62. The van der Waals surface area contributed by atoms with Gasteiger partial charge in [0.05, 0.1) is 10.7 Å². The quantitative estimate of drug-likeness (QED) is 0.825. The van der Waals surface area contributed by atoms with Gasteiger partial charge in [0.2, 0.25) is 0 Å². The molecule has 1 aromatic heterocycles. The van der Waals surface area contributed by atoms with Crippen LogP contribution in [0.15, 0.2) is 24.3 Å². The highest BCUT2D eigenvalue weighted by atomic mass is 127. The third kappa shape index (κ3) is 3.30. The van der Waals surface area contributed by atoms with Crippen LogP contribution in [0.3, 0.4) is 0 Å². The van der Waals surface area contributed by atoms with Crippen LogP contribution < -0.4 is 5.32 Å². The van der Waals surface area contributed by atoms with Crippen molar-refractivity contribution in [3.05, 3.63) is 49.0 Å². The second-order valence-corrected chi connectivity index (χ2v) is 6.88. The summed E-state index contributed by atoms with van der Waals surface area (Å²) in [6, 6.07) is 9.02. The van der Waals surface area contributed by atoms with Crippen molar-refractivity contribution in [2.24, 2.45) is 0 Å². The molecular formula is C14H17IN2S. The first-order valence-corrected chi connectivity index (χ1v) is 7.85. The van der Waals surface area contributed by atoms with Crippen molar-refractivity contribution in [3.63, 3.8) is 0 Å². The van der Waals surface area contributed by atoms with E-state index in [9.17, 15) is 0 Å². The highest BCUT2D eigenvalue weighted by molar-refractivity contribution is 14.1. The van der Waals surface area contributed by atoms with Gasteiger partial charge in [0.25, 0.3) is 0 Å². The zero-order chi connectivity index (χ0) is 13.1. The molecule has 0 aliphatic rings. The van der Waals surface area contributed by atoms with Crippen molar-refractivity contribution in [2.75, 3.05) is 7.05 Å². The van der Waals surface area contributed by atoms with Crippen LogP contribution in [0.25, 0.3) is 0 Å². The maximum atomic E-state index is 4.62. The average Bonchev–Trinajstić information content (AvgIpc) is 2.67. The summed E-state index contributed by atoms with van der Waals surface area (Å²) >= 11 is 4.14. The summed E-state index contributed by atoms with van der Waals surface area (Å²) in [7, 11) is 2.01. The first-order valence-electron chi connectivity index (χ1n) is 5.95. The fourth-order valence-corrected chi connectivity index (χ4v) is 3.22. The molecule has 0 saturated carbocycles. The van der Waals surface area contributed by atoms with E-state index in [2.05, 4.69) is 71.0 Å². The summed E-state index contributed by atoms with van der Waals surface area (Å²) in [6.45, 7) is 4.21. The van der Waals surface area contributed by atoms with Gasteiger partial charge in [0.1, 0.15) is 0 Å². The van der Waals surface area contributed by atoms with E-state index in [1.807, 2.05) is 7.05 Å². The van der Waals surface area contributed by atoms with E-state index >= 15 is 0 Å². The number of nitrogens with one attached hydrogen (secondary N) is 1. The minimum atomic E-state index is 0.340. The second kappa shape index (κ2) is 6.12. The van der Waals surface area contributed by atoms with Crippen LogP contribution in [0, 0.1) is 17.4 Å². The highest BCUT2D eigenvalue weighted by Gasteiger charge is 2.13. The molecule has 0 spiro atoms. The van der Waals surface area contributed by atoms with E-state index in [0.717, 1.165) is 12.1 Å². The predicted octanol–water partition coefficient (Wildman–Crippen LogP) is 3.87. The summed E-state index contributed by atoms with van der Waals surface area (Å²) in [4.78, 5) is 5.94. The summed E-state index contributed by atoms with van der Waals surface area (Å²) < 4.78 is 1.27. The Morgan fingerprint density at radius 2 is 1.94 bits per heavy atom. The zero-order valence-corrected chi connectivity index (χ0v) is 13.8. The first kappa shape index (κ1) is 14.0. The Labute approximate surface area is 126 Å². The fourth-order valence-electron chi connectivity index (χ4n) is 1.88. The summed E-state index contributed by atoms with van der Waals surface area (Å²) in [5.41, 5.74) is 2.48. The van der Waals surface area contributed by atoms with Crippen molar-refractivity contribution in [1.29, 1.82) is 0 Å². The molecule has 0 bridgehead atoms. The number of hydrogen-bond donors (Lipinski definition) is 1. The van der Waals surface area contributed by atoms with Gasteiger partial charge in [-0.25, -0.2) is 4.98 Å². The Morgan fingerprint density at radius 1 is 1.28 bits per heavy atom. The molecule has 96 valence electrons. The SMILES string of the molecule is CNC(Cc1nc(C)c(C)s1)c1ccc(I)cc1. The van der Waals surface area contributed by atoms with Gasteiger partial charge in [0, 0.05) is 20.9 Å².